The van der Waals surface area contributed by atoms with Crippen LogP contribution in [-0.4, -0.2) is 26.3 Å². The Morgan fingerprint density at radius 3 is 2.52 bits per heavy atom. The van der Waals surface area contributed by atoms with E-state index in [4.69, 9.17) is 8.83 Å². The van der Waals surface area contributed by atoms with Crippen LogP contribution in [0.4, 0.5) is 0 Å². The van der Waals surface area contributed by atoms with E-state index in [0.29, 0.717) is 28.8 Å². The number of benzene rings is 1. The molecule has 0 N–H and O–H groups in total. The second-order valence-corrected chi connectivity index (χ2v) is 7.53. The molecule has 0 aliphatic heterocycles. The molecule has 0 atom stereocenters. The molecule has 0 aliphatic carbocycles. The molecule has 0 saturated heterocycles. The minimum Gasteiger partial charge on any atom is -0.467 e. The Balaban J connectivity index is 1.56. The number of hydrogen-bond donors (Lipinski definition) is 0. The van der Waals surface area contributed by atoms with Crippen molar-refractivity contribution < 1.29 is 13.6 Å². The minimum absolute atomic E-state index is 0.0274. The van der Waals surface area contributed by atoms with Crippen LogP contribution in [0.3, 0.4) is 0 Å². The summed E-state index contributed by atoms with van der Waals surface area (Å²) in [6.07, 6.45) is 3.21. The fraction of sp³-hybridized carbons (Fsp3) is 0.105. The molecule has 3 heterocycles. The van der Waals surface area contributed by atoms with Gasteiger partial charge in [0, 0.05) is 10.0 Å². The zero-order valence-corrected chi connectivity index (χ0v) is 16.4. The lowest BCUT2D eigenvalue weighted by atomic mass is 10.2. The normalized spacial score (nSPS) is 11.0. The Hall–Kier alpha value is -2.58. The Kier molecular flexibility index (Phi) is 5.26. The zero-order chi connectivity index (χ0) is 18.6. The molecule has 6 nitrogen and oxygen atoms in total. The Bertz CT molecular complexity index is 1030. The monoisotopic (exact) mass is 443 g/mol. The van der Waals surface area contributed by atoms with Gasteiger partial charge in [-0.15, -0.1) is 10.2 Å². The smallest absolute Gasteiger partial charge is 0.200 e. The molecule has 0 saturated carbocycles. The largest absolute Gasteiger partial charge is 0.467 e. The maximum Gasteiger partial charge on any atom is 0.200 e. The minimum atomic E-state index is 0.0274. The van der Waals surface area contributed by atoms with Crippen molar-refractivity contribution in [2.45, 2.75) is 11.7 Å². The molecule has 0 bridgehead atoms. The second kappa shape index (κ2) is 7.98. The number of hydrogen-bond acceptors (Lipinski definition) is 6. The van der Waals surface area contributed by atoms with Gasteiger partial charge in [0.25, 0.3) is 0 Å². The number of halogens is 1. The lowest BCUT2D eigenvalue weighted by Crippen LogP contribution is -2.06. The molecule has 136 valence electrons. The van der Waals surface area contributed by atoms with Crippen LogP contribution in [0.25, 0.3) is 11.6 Å². The molecule has 3 aromatic heterocycles. The number of nitrogens with zero attached hydrogens (tertiary/aromatic N) is 3. The molecule has 1 aromatic carbocycles. The summed E-state index contributed by atoms with van der Waals surface area (Å²) in [5.74, 6) is 2.26. The summed E-state index contributed by atoms with van der Waals surface area (Å²) < 4.78 is 13.7. The number of furan rings is 2. The van der Waals surface area contributed by atoms with Crippen molar-refractivity contribution in [1.82, 2.24) is 14.8 Å². The summed E-state index contributed by atoms with van der Waals surface area (Å²) in [4.78, 5) is 12.5. The van der Waals surface area contributed by atoms with Gasteiger partial charge in [-0.25, -0.2) is 0 Å². The zero-order valence-electron chi connectivity index (χ0n) is 14.0. The third-order valence-corrected chi connectivity index (χ3v) is 5.35. The van der Waals surface area contributed by atoms with Crippen molar-refractivity contribution in [2.75, 3.05) is 5.75 Å². The molecular weight excluding hydrogens is 430 g/mol. The first kappa shape index (κ1) is 17.8. The highest BCUT2D eigenvalue weighted by atomic mass is 79.9. The molecule has 27 heavy (non-hydrogen) atoms. The number of carbonyl (C=O) groups is 1. The highest BCUT2D eigenvalue weighted by Gasteiger charge is 2.19. The number of thioether (sulfide) groups is 1. The van der Waals surface area contributed by atoms with E-state index in [2.05, 4.69) is 26.1 Å². The van der Waals surface area contributed by atoms with Gasteiger partial charge in [-0.05, 0) is 36.4 Å². The summed E-state index contributed by atoms with van der Waals surface area (Å²) in [6.45, 7) is 0.449. The predicted octanol–water partition coefficient (Wildman–Crippen LogP) is 4.92. The molecule has 0 radical (unpaired) electrons. The van der Waals surface area contributed by atoms with E-state index in [-0.39, 0.29) is 11.5 Å². The maximum absolute atomic E-state index is 12.5. The predicted molar refractivity (Wildman–Crippen MR) is 105 cm³/mol. The molecule has 0 amide bonds. The first-order valence-electron chi connectivity index (χ1n) is 8.12. The Morgan fingerprint density at radius 2 is 1.81 bits per heavy atom. The van der Waals surface area contributed by atoms with Gasteiger partial charge in [-0.2, -0.15) is 0 Å². The van der Waals surface area contributed by atoms with Crippen molar-refractivity contribution in [1.29, 1.82) is 0 Å². The Labute approximate surface area is 167 Å². The lowest BCUT2D eigenvalue weighted by molar-refractivity contribution is 0.102. The number of aromatic nitrogens is 3. The van der Waals surface area contributed by atoms with Gasteiger partial charge in [-0.1, -0.05) is 39.8 Å². The fourth-order valence-electron chi connectivity index (χ4n) is 2.53. The lowest BCUT2D eigenvalue weighted by Gasteiger charge is -2.07. The van der Waals surface area contributed by atoms with Gasteiger partial charge < -0.3 is 8.83 Å². The summed E-state index contributed by atoms with van der Waals surface area (Å²) >= 11 is 4.71. The van der Waals surface area contributed by atoms with E-state index >= 15 is 0 Å². The summed E-state index contributed by atoms with van der Waals surface area (Å²) in [5, 5.41) is 9.12. The van der Waals surface area contributed by atoms with Gasteiger partial charge in [0.05, 0.1) is 24.8 Å². The van der Waals surface area contributed by atoms with Crippen molar-refractivity contribution in [3.05, 3.63) is 76.9 Å². The third-order valence-electron chi connectivity index (χ3n) is 3.85. The average molecular weight is 444 g/mol. The molecule has 0 fully saturated rings. The van der Waals surface area contributed by atoms with Crippen LogP contribution in [0, 0.1) is 0 Å². The van der Waals surface area contributed by atoms with Gasteiger partial charge in [0.1, 0.15) is 5.76 Å². The molecule has 0 unspecified atom stereocenters. The first-order valence-corrected chi connectivity index (χ1v) is 9.89. The fourth-order valence-corrected chi connectivity index (χ4v) is 3.63. The molecule has 4 aromatic rings. The molecule has 0 spiro atoms. The number of rotatable bonds is 7. The SMILES string of the molecule is O=C(CSc1nnc(-c2ccco2)n1Cc1ccco1)c1ccc(Br)cc1. The van der Waals surface area contributed by atoms with Gasteiger partial charge in [-0.3, -0.25) is 9.36 Å². The van der Waals surface area contributed by atoms with Crippen LogP contribution in [-0.2, 0) is 6.54 Å². The standard InChI is InChI=1S/C19H14BrN3O3S/c20-14-7-5-13(6-8-14)16(24)12-27-19-22-21-18(17-4-2-10-26-17)23(19)11-15-3-1-9-25-15/h1-10H,11-12H2. The van der Waals surface area contributed by atoms with Crippen molar-refractivity contribution in [2.24, 2.45) is 0 Å². The van der Waals surface area contributed by atoms with Crippen molar-refractivity contribution >= 4 is 33.5 Å². The Morgan fingerprint density at radius 1 is 1.04 bits per heavy atom. The van der Waals surface area contributed by atoms with Crippen molar-refractivity contribution in [3.63, 3.8) is 0 Å². The van der Waals surface area contributed by atoms with Crippen LogP contribution in [0.5, 0.6) is 0 Å². The highest BCUT2D eigenvalue weighted by Crippen LogP contribution is 2.26. The first-order chi connectivity index (χ1) is 13.2. The molecule has 4 rings (SSSR count). The van der Waals surface area contributed by atoms with E-state index in [1.807, 2.05) is 34.9 Å². The summed E-state index contributed by atoms with van der Waals surface area (Å²) in [7, 11) is 0. The average Bonchev–Trinajstić information content (AvgIpc) is 3.43. The van der Waals surface area contributed by atoms with Crippen LogP contribution in [0.1, 0.15) is 16.1 Å². The van der Waals surface area contributed by atoms with Crippen molar-refractivity contribution in [3.8, 4) is 11.6 Å². The summed E-state index contributed by atoms with van der Waals surface area (Å²) in [5.41, 5.74) is 0.661. The molecule has 0 aliphatic rings. The number of carbonyl (C=O) groups excluding carboxylic acids is 1. The van der Waals surface area contributed by atoms with Crippen LogP contribution in [0.2, 0.25) is 0 Å². The van der Waals surface area contributed by atoms with E-state index in [1.165, 1.54) is 11.8 Å². The highest BCUT2D eigenvalue weighted by molar-refractivity contribution is 9.10. The summed E-state index contributed by atoms with van der Waals surface area (Å²) in [6, 6.07) is 14.6. The second-order valence-electron chi connectivity index (χ2n) is 5.67. The number of ketones is 1. The number of Topliss-reactive ketones (excluding diaryl/α,β-unsaturated/α-hetero) is 1. The maximum atomic E-state index is 12.5. The van der Waals surface area contributed by atoms with Crippen LogP contribution in [0.15, 0.2) is 79.5 Å². The van der Waals surface area contributed by atoms with Gasteiger partial charge in [0.2, 0.25) is 5.82 Å². The van der Waals surface area contributed by atoms with Crippen LogP contribution >= 0.6 is 27.7 Å². The van der Waals surface area contributed by atoms with E-state index < -0.39 is 0 Å². The third kappa shape index (κ3) is 4.06. The van der Waals surface area contributed by atoms with E-state index in [0.717, 1.165) is 10.2 Å². The van der Waals surface area contributed by atoms with Crippen LogP contribution < -0.4 is 0 Å². The van der Waals surface area contributed by atoms with E-state index in [1.54, 1.807) is 30.7 Å². The topological polar surface area (TPSA) is 74.1 Å². The quantitative estimate of drug-likeness (QED) is 0.298. The molecular formula is C19H14BrN3O3S. The van der Waals surface area contributed by atoms with Gasteiger partial charge >= 0.3 is 0 Å². The van der Waals surface area contributed by atoms with E-state index in [9.17, 15) is 4.79 Å². The molecule has 8 heteroatoms. The van der Waals surface area contributed by atoms with Gasteiger partial charge in [0.15, 0.2) is 16.7 Å².